The SMILES string of the molecule is C[Si](C)(C)NC(C(=O)O)c1ccccc1. The van der Waals surface area contributed by atoms with Crippen molar-refractivity contribution in [3.63, 3.8) is 0 Å². The maximum atomic E-state index is 11.1. The maximum Gasteiger partial charge on any atom is 0.324 e. The van der Waals surface area contributed by atoms with Crippen LogP contribution in [-0.4, -0.2) is 19.3 Å². The van der Waals surface area contributed by atoms with Gasteiger partial charge < -0.3 is 10.1 Å². The molecule has 0 aliphatic carbocycles. The van der Waals surface area contributed by atoms with Crippen LogP contribution >= 0.6 is 0 Å². The van der Waals surface area contributed by atoms with E-state index < -0.39 is 20.2 Å². The van der Waals surface area contributed by atoms with E-state index in [1.165, 1.54) is 0 Å². The highest BCUT2D eigenvalue weighted by atomic mass is 28.3. The van der Waals surface area contributed by atoms with Gasteiger partial charge in [0.25, 0.3) is 0 Å². The van der Waals surface area contributed by atoms with Gasteiger partial charge in [0.05, 0.1) is 0 Å². The molecule has 3 nitrogen and oxygen atoms in total. The average Bonchev–Trinajstić information content (AvgIpc) is 2.14. The minimum Gasteiger partial charge on any atom is -0.480 e. The van der Waals surface area contributed by atoms with Crippen LogP contribution in [0.4, 0.5) is 0 Å². The summed E-state index contributed by atoms with van der Waals surface area (Å²) in [5, 5.41) is 9.15. The number of hydrogen-bond donors (Lipinski definition) is 2. The van der Waals surface area contributed by atoms with Crippen LogP contribution in [-0.2, 0) is 4.79 Å². The molecule has 1 rings (SSSR count). The first-order chi connectivity index (χ1) is 6.90. The van der Waals surface area contributed by atoms with Crippen molar-refractivity contribution < 1.29 is 9.90 Å². The Morgan fingerprint density at radius 1 is 1.27 bits per heavy atom. The number of carboxylic acids is 1. The Labute approximate surface area is 91.2 Å². The lowest BCUT2D eigenvalue weighted by molar-refractivity contribution is -0.139. The van der Waals surface area contributed by atoms with E-state index in [-0.39, 0.29) is 0 Å². The highest BCUT2D eigenvalue weighted by molar-refractivity contribution is 6.73. The Hall–Kier alpha value is -1.13. The van der Waals surface area contributed by atoms with E-state index >= 15 is 0 Å². The summed E-state index contributed by atoms with van der Waals surface area (Å²) in [6, 6.07) is 8.70. The second-order valence-electron chi connectivity index (χ2n) is 4.58. The summed E-state index contributed by atoms with van der Waals surface area (Å²) in [5.74, 6) is -0.816. The van der Waals surface area contributed by atoms with Crippen molar-refractivity contribution in [1.29, 1.82) is 0 Å². The molecule has 0 radical (unpaired) electrons. The zero-order valence-corrected chi connectivity index (χ0v) is 10.3. The van der Waals surface area contributed by atoms with Crippen molar-refractivity contribution >= 4 is 14.2 Å². The predicted octanol–water partition coefficient (Wildman–Crippen LogP) is 2.24. The standard InChI is InChI=1S/C11H17NO2Si/c1-15(2,3)12-10(11(13)14)9-7-5-4-6-8-9/h4-8,10,12H,1-3H3,(H,13,14). The van der Waals surface area contributed by atoms with Gasteiger partial charge in [0, 0.05) is 0 Å². The second kappa shape index (κ2) is 4.59. The van der Waals surface area contributed by atoms with Crippen molar-refractivity contribution in [1.82, 2.24) is 4.98 Å². The summed E-state index contributed by atoms with van der Waals surface area (Å²) in [5.41, 5.74) is 0.812. The van der Waals surface area contributed by atoms with Crippen molar-refractivity contribution in [2.45, 2.75) is 25.7 Å². The van der Waals surface area contributed by atoms with Crippen LogP contribution in [0.15, 0.2) is 30.3 Å². The third kappa shape index (κ3) is 3.85. The molecular weight excluding hydrogens is 206 g/mol. The monoisotopic (exact) mass is 223 g/mol. The minimum absolute atomic E-state index is 0.585. The van der Waals surface area contributed by atoms with Gasteiger partial charge in [-0.3, -0.25) is 4.79 Å². The predicted molar refractivity (Wildman–Crippen MR) is 63.3 cm³/mol. The molecular formula is C11H17NO2Si. The topological polar surface area (TPSA) is 49.3 Å². The highest BCUT2D eigenvalue weighted by Crippen LogP contribution is 2.15. The lowest BCUT2D eigenvalue weighted by atomic mass is 10.1. The van der Waals surface area contributed by atoms with Gasteiger partial charge in [-0.1, -0.05) is 50.0 Å². The first-order valence-electron chi connectivity index (χ1n) is 4.95. The van der Waals surface area contributed by atoms with Gasteiger partial charge in [-0.2, -0.15) is 0 Å². The molecule has 0 aliphatic rings. The fourth-order valence-electron chi connectivity index (χ4n) is 1.37. The van der Waals surface area contributed by atoms with Gasteiger partial charge in [0.1, 0.15) is 14.3 Å². The third-order valence-corrected chi connectivity index (χ3v) is 3.11. The van der Waals surface area contributed by atoms with E-state index in [4.69, 9.17) is 5.11 Å². The normalized spacial score (nSPS) is 13.5. The molecule has 2 N–H and O–H groups in total. The Balaban J connectivity index is 2.90. The Morgan fingerprint density at radius 2 is 1.80 bits per heavy atom. The summed E-state index contributed by atoms with van der Waals surface area (Å²) in [4.78, 5) is 14.3. The van der Waals surface area contributed by atoms with Gasteiger partial charge in [-0.15, -0.1) is 0 Å². The smallest absolute Gasteiger partial charge is 0.324 e. The molecule has 82 valence electrons. The Bertz CT molecular complexity index is 332. The summed E-state index contributed by atoms with van der Waals surface area (Å²) >= 11 is 0. The van der Waals surface area contributed by atoms with Gasteiger partial charge in [-0.05, 0) is 5.56 Å². The number of nitrogens with one attached hydrogen (secondary N) is 1. The zero-order chi connectivity index (χ0) is 11.5. The molecule has 0 saturated carbocycles. The quantitative estimate of drug-likeness (QED) is 0.770. The van der Waals surface area contributed by atoms with Gasteiger partial charge in [0.15, 0.2) is 0 Å². The molecule has 1 aromatic rings. The van der Waals surface area contributed by atoms with Crippen molar-refractivity contribution in [3.8, 4) is 0 Å². The minimum atomic E-state index is -1.60. The molecule has 0 bridgehead atoms. The van der Waals surface area contributed by atoms with Gasteiger partial charge in [-0.25, -0.2) is 0 Å². The summed E-state index contributed by atoms with van der Waals surface area (Å²) in [6.45, 7) is 6.27. The molecule has 15 heavy (non-hydrogen) atoms. The van der Waals surface area contributed by atoms with Gasteiger partial charge >= 0.3 is 5.97 Å². The molecule has 0 spiro atoms. The van der Waals surface area contributed by atoms with E-state index in [1.54, 1.807) is 0 Å². The summed E-state index contributed by atoms with van der Waals surface area (Å²) < 4.78 is 0. The van der Waals surface area contributed by atoms with E-state index in [2.05, 4.69) is 24.6 Å². The summed E-state index contributed by atoms with van der Waals surface area (Å²) in [7, 11) is -1.60. The van der Waals surface area contributed by atoms with Crippen LogP contribution in [0.25, 0.3) is 0 Å². The largest absolute Gasteiger partial charge is 0.480 e. The molecule has 1 atom stereocenters. The third-order valence-electron chi connectivity index (χ3n) is 1.96. The van der Waals surface area contributed by atoms with Crippen molar-refractivity contribution in [2.24, 2.45) is 0 Å². The van der Waals surface area contributed by atoms with Crippen LogP contribution < -0.4 is 4.98 Å². The van der Waals surface area contributed by atoms with Crippen molar-refractivity contribution in [2.75, 3.05) is 0 Å². The van der Waals surface area contributed by atoms with Crippen LogP contribution in [0.1, 0.15) is 11.6 Å². The first kappa shape index (κ1) is 11.9. The second-order valence-corrected chi connectivity index (χ2v) is 9.36. The zero-order valence-electron chi connectivity index (χ0n) is 9.32. The fourth-order valence-corrected chi connectivity index (χ4v) is 2.52. The lowest BCUT2D eigenvalue weighted by Crippen LogP contribution is -2.46. The molecule has 0 aliphatic heterocycles. The van der Waals surface area contributed by atoms with Crippen LogP contribution in [0.3, 0.4) is 0 Å². The molecule has 0 fully saturated rings. The molecule has 0 saturated heterocycles. The average molecular weight is 223 g/mol. The molecule has 1 unspecified atom stereocenters. The highest BCUT2D eigenvalue weighted by Gasteiger charge is 2.25. The van der Waals surface area contributed by atoms with Gasteiger partial charge in [0.2, 0.25) is 0 Å². The maximum absolute atomic E-state index is 11.1. The number of benzene rings is 1. The molecule has 4 heteroatoms. The number of carboxylic acid groups (broad SMARTS) is 1. The number of carbonyl (C=O) groups is 1. The number of aliphatic carboxylic acids is 1. The van der Waals surface area contributed by atoms with Crippen molar-refractivity contribution in [3.05, 3.63) is 35.9 Å². The van der Waals surface area contributed by atoms with Crippen LogP contribution in [0.2, 0.25) is 19.6 Å². The number of hydrogen-bond acceptors (Lipinski definition) is 2. The van der Waals surface area contributed by atoms with Crippen LogP contribution in [0, 0.1) is 0 Å². The van der Waals surface area contributed by atoms with E-state index in [1.807, 2.05) is 30.3 Å². The Morgan fingerprint density at radius 3 is 2.20 bits per heavy atom. The first-order valence-corrected chi connectivity index (χ1v) is 8.45. The molecule has 0 heterocycles. The lowest BCUT2D eigenvalue weighted by Gasteiger charge is -2.24. The molecule has 1 aromatic carbocycles. The van der Waals surface area contributed by atoms with E-state index in [0.29, 0.717) is 0 Å². The molecule has 0 aromatic heterocycles. The van der Waals surface area contributed by atoms with E-state index in [0.717, 1.165) is 5.56 Å². The van der Waals surface area contributed by atoms with E-state index in [9.17, 15) is 4.79 Å². The number of rotatable bonds is 4. The fraction of sp³-hybridized carbons (Fsp3) is 0.364. The Kier molecular flexibility index (Phi) is 3.65. The summed E-state index contributed by atoms with van der Waals surface area (Å²) in [6.07, 6.45) is 0. The van der Waals surface area contributed by atoms with Crippen LogP contribution in [0.5, 0.6) is 0 Å². The molecule has 0 amide bonds.